The molecule has 0 saturated carbocycles. The van der Waals surface area contributed by atoms with Gasteiger partial charge in [-0.2, -0.15) is 0 Å². The van der Waals surface area contributed by atoms with Crippen LogP contribution in [-0.2, 0) is 11.3 Å². The summed E-state index contributed by atoms with van der Waals surface area (Å²) in [5, 5.41) is 6.54. The fourth-order valence-electron chi connectivity index (χ4n) is 4.36. The molecule has 2 heterocycles. The van der Waals surface area contributed by atoms with Gasteiger partial charge in [0.05, 0.1) is 19.3 Å². The Kier molecular flexibility index (Phi) is 6.27. The Balaban J connectivity index is 1.59. The summed E-state index contributed by atoms with van der Waals surface area (Å²) in [6.45, 7) is 7.61. The first kappa shape index (κ1) is 20.0. The highest BCUT2D eigenvalue weighted by atomic mass is 16.5. The molecule has 0 unspecified atom stereocenters. The van der Waals surface area contributed by atoms with Gasteiger partial charge in [0.15, 0.2) is 11.5 Å². The van der Waals surface area contributed by atoms with Crippen LogP contribution < -0.4 is 20.1 Å². The Labute approximate surface area is 162 Å². The number of likely N-dealkylation sites (tertiary alicyclic amines) is 1. The number of piperidine rings is 1. The van der Waals surface area contributed by atoms with Gasteiger partial charge in [-0.15, -0.1) is 0 Å². The number of hydrogen-bond donors (Lipinski definition) is 2. The Hall–Kier alpha value is -1.79. The summed E-state index contributed by atoms with van der Waals surface area (Å²) >= 11 is 0. The molecule has 2 saturated heterocycles. The first-order valence-electron chi connectivity index (χ1n) is 9.95. The third-order valence-corrected chi connectivity index (χ3v) is 5.77. The van der Waals surface area contributed by atoms with E-state index in [0.717, 1.165) is 50.2 Å². The number of carbonyl (C=O) groups is 1. The summed E-state index contributed by atoms with van der Waals surface area (Å²) < 4.78 is 11.2. The van der Waals surface area contributed by atoms with Gasteiger partial charge >= 0.3 is 0 Å². The van der Waals surface area contributed by atoms with Crippen LogP contribution in [0.25, 0.3) is 0 Å². The molecule has 1 spiro atoms. The molecule has 0 aromatic heterocycles. The quantitative estimate of drug-likeness (QED) is 0.798. The summed E-state index contributed by atoms with van der Waals surface area (Å²) in [6.07, 6.45) is 3.37. The molecule has 0 bridgehead atoms. The zero-order valence-electron chi connectivity index (χ0n) is 17.0. The minimum Gasteiger partial charge on any atom is -0.493 e. The number of nitrogens with zero attached hydrogens (tertiary/aromatic N) is 1. The number of ether oxygens (including phenoxy) is 2. The van der Waals surface area contributed by atoms with Gasteiger partial charge in [-0.3, -0.25) is 9.69 Å². The summed E-state index contributed by atoms with van der Waals surface area (Å²) in [5.74, 6) is 1.54. The summed E-state index contributed by atoms with van der Waals surface area (Å²) in [7, 11) is 3.71. The van der Waals surface area contributed by atoms with Gasteiger partial charge in [-0.05, 0) is 76.4 Å². The van der Waals surface area contributed by atoms with Crippen LogP contribution in [0.4, 0.5) is 0 Å². The van der Waals surface area contributed by atoms with Crippen molar-refractivity contribution in [1.29, 1.82) is 0 Å². The van der Waals surface area contributed by atoms with Gasteiger partial charge in [0.1, 0.15) is 0 Å². The molecule has 1 aromatic carbocycles. The summed E-state index contributed by atoms with van der Waals surface area (Å²) in [6, 6.07) is 5.79. The zero-order valence-corrected chi connectivity index (χ0v) is 17.0. The second kappa shape index (κ2) is 8.48. The zero-order chi connectivity index (χ0) is 19.4. The minimum absolute atomic E-state index is 0.0338. The molecule has 1 amide bonds. The van der Waals surface area contributed by atoms with Crippen LogP contribution in [0.3, 0.4) is 0 Å². The number of amides is 1. The molecule has 27 heavy (non-hydrogen) atoms. The lowest BCUT2D eigenvalue weighted by molar-refractivity contribution is -0.125. The standard InChI is InChI=1S/C21H33N3O3/c1-15(2)27-18-6-5-16(11-19(18)26-4)13-23-20(25)17-12-21(14-24(17)3)7-9-22-10-8-21/h5-6,11,15,17,22H,7-10,12-14H2,1-4H3,(H,23,25)/t17-/m1/s1. The minimum atomic E-state index is -0.0338. The molecule has 6 heteroatoms. The van der Waals surface area contributed by atoms with E-state index in [2.05, 4.69) is 22.6 Å². The van der Waals surface area contributed by atoms with Crippen molar-refractivity contribution < 1.29 is 14.3 Å². The normalized spacial score (nSPS) is 22.2. The van der Waals surface area contributed by atoms with E-state index in [1.807, 2.05) is 32.0 Å². The molecule has 2 fully saturated rings. The maximum atomic E-state index is 12.8. The molecule has 0 aliphatic carbocycles. The van der Waals surface area contributed by atoms with E-state index in [1.54, 1.807) is 7.11 Å². The van der Waals surface area contributed by atoms with Crippen molar-refractivity contribution in [2.45, 2.75) is 51.8 Å². The van der Waals surface area contributed by atoms with Crippen LogP contribution in [0.2, 0.25) is 0 Å². The Bertz CT molecular complexity index is 656. The lowest BCUT2D eigenvalue weighted by Crippen LogP contribution is -2.41. The second-order valence-electron chi connectivity index (χ2n) is 8.25. The van der Waals surface area contributed by atoms with E-state index in [-0.39, 0.29) is 18.1 Å². The molecular weight excluding hydrogens is 342 g/mol. The summed E-state index contributed by atoms with van der Waals surface area (Å²) in [4.78, 5) is 15.0. The van der Waals surface area contributed by atoms with Crippen LogP contribution in [0.1, 0.15) is 38.7 Å². The van der Waals surface area contributed by atoms with E-state index < -0.39 is 0 Å². The topological polar surface area (TPSA) is 62.8 Å². The number of methoxy groups -OCH3 is 1. The summed E-state index contributed by atoms with van der Waals surface area (Å²) in [5.41, 5.74) is 1.31. The molecule has 2 aliphatic rings. The van der Waals surface area contributed by atoms with Gasteiger partial charge in [-0.25, -0.2) is 0 Å². The fraction of sp³-hybridized carbons (Fsp3) is 0.667. The Morgan fingerprint density at radius 2 is 2.07 bits per heavy atom. The third-order valence-electron chi connectivity index (χ3n) is 5.77. The van der Waals surface area contributed by atoms with E-state index in [4.69, 9.17) is 9.47 Å². The highest BCUT2D eigenvalue weighted by Crippen LogP contribution is 2.41. The van der Waals surface area contributed by atoms with E-state index in [9.17, 15) is 4.79 Å². The van der Waals surface area contributed by atoms with E-state index in [1.165, 1.54) is 0 Å². The average Bonchev–Trinajstić information content (AvgIpc) is 2.96. The first-order valence-corrected chi connectivity index (χ1v) is 9.95. The van der Waals surface area contributed by atoms with Gasteiger partial charge in [0.25, 0.3) is 0 Å². The molecule has 3 rings (SSSR count). The van der Waals surface area contributed by atoms with Crippen molar-refractivity contribution >= 4 is 5.91 Å². The number of carbonyl (C=O) groups excluding carboxylic acids is 1. The van der Waals surface area contributed by atoms with Crippen molar-refractivity contribution in [3.8, 4) is 11.5 Å². The molecular formula is C21H33N3O3. The van der Waals surface area contributed by atoms with Gasteiger partial charge < -0.3 is 20.1 Å². The highest BCUT2D eigenvalue weighted by Gasteiger charge is 2.45. The van der Waals surface area contributed by atoms with E-state index in [0.29, 0.717) is 17.7 Å². The third kappa shape index (κ3) is 4.74. The van der Waals surface area contributed by atoms with Crippen LogP contribution in [-0.4, -0.2) is 56.7 Å². The molecule has 1 atom stereocenters. The van der Waals surface area contributed by atoms with Crippen LogP contribution in [0.15, 0.2) is 18.2 Å². The average molecular weight is 376 g/mol. The van der Waals surface area contributed by atoms with Crippen molar-refractivity contribution in [2.75, 3.05) is 33.8 Å². The highest BCUT2D eigenvalue weighted by molar-refractivity contribution is 5.82. The molecule has 2 aliphatic heterocycles. The van der Waals surface area contributed by atoms with Gasteiger partial charge in [0.2, 0.25) is 5.91 Å². The maximum Gasteiger partial charge on any atom is 0.237 e. The number of likely N-dealkylation sites (N-methyl/N-ethyl adjacent to an activating group) is 1. The van der Waals surface area contributed by atoms with Gasteiger partial charge in [0, 0.05) is 13.1 Å². The number of benzene rings is 1. The Morgan fingerprint density at radius 3 is 2.74 bits per heavy atom. The molecule has 150 valence electrons. The Morgan fingerprint density at radius 1 is 1.33 bits per heavy atom. The molecule has 0 radical (unpaired) electrons. The molecule has 6 nitrogen and oxygen atoms in total. The first-order chi connectivity index (χ1) is 12.9. The van der Waals surface area contributed by atoms with Crippen molar-refractivity contribution in [3.63, 3.8) is 0 Å². The number of nitrogens with one attached hydrogen (secondary N) is 2. The number of hydrogen-bond acceptors (Lipinski definition) is 5. The molecule has 2 N–H and O–H groups in total. The van der Waals surface area contributed by atoms with Gasteiger partial charge in [-0.1, -0.05) is 6.07 Å². The lowest BCUT2D eigenvalue weighted by Gasteiger charge is -2.33. The lowest BCUT2D eigenvalue weighted by atomic mass is 9.77. The van der Waals surface area contributed by atoms with Crippen molar-refractivity contribution in [3.05, 3.63) is 23.8 Å². The number of rotatable bonds is 6. The predicted molar refractivity (Wildman–Crippen MR) is 106 cm³/mol. The van der Waals surface area contributed by atoms with Crippen molar-refractivity contribution in [1.82, 2.24) is 15.5 Å². The largest absolute Gasteiger partial charge is 0.493 e. The smallest absolute Gasteiger partial charge is 0.237 e. The van der Waals surface area contributed by atoms with E-state index >= 15 is 0 Å². The second-order valence-corrected chi connectivity index (χ2v) is 8.25. The maximum absolute atomic E-state index is 12.8. The molecule has 1 aromatic rings. The monoisotopic (exact) mass is 375 g/mol. The van der Waals surface area contributed by atoms with Crippen LogP contribution >= 0.6 is 0 Å². The SMILES string of the molecule is COc1cc(CNC(=O)[C@H]2CC3(CCNCC3)CN2C)ccc1OC(C)C. The van der Waals surface area contributed by atoms with Crippen LogP contribution in [0.5, 0.6) is 11.5 Å². The van der Waals surface area contributed by atoms with Crippen molar-refractivity contribution in [2.24, 2.45) is 5.41 Å². The van der Waals surface area contributed by atoms with Crippen LogP contribution in [0, 0.1) is 5.41 Å². The predicted octanol–water partition coefficient (Wildman–Crippen LogP) is 2.17. The fourth-order valence-corrected chi connectivity index (χ4v) is 4.36.